The third-order valence-electron chi connectivity index (χ3n) is 7.31. The Kier molecular flexibility index (Phi) is 8.81. The molecule has 0 spiro atoms. The zero-order valence-electron chi connectivity index (χ0n) is 19.7. The van der Waals surface area contributed by atoms with Gasteiger partial charge in [0.1, 0.15) is 11.9 Å². The Morgan fingerprint density at radius 1 is 1.24 bits per heavy atom. The number of hydrogen-bond acceptors (Lipinski definition) is 5. The van der Waals surface area contributed by atoms with E-state index in [0.29, 0.717) is 40.1 Å². The molecule has 1 aliphatic rings. The Bertz CT molecular complexity index is 1060. The minimum atomic E-state index is -1.23. The lowest BCUT2D eigenvalue weighted by Crippen LogP contribution is -2.44. The highest BCUT2D eigenvalue weighted by Crippen LogP contribution is 2.44. The summed E-state index contributed by atoms with van der Waals surface area (Å²) >= 11 is 8.22. The van der Waals surface area contributed by atoms with E-state index in [1.54, 1.807) is 24.5 Å². The number of nitrogens with one attached hydrogen (secondary N) is 1. The minimum absolute atomic E-state index is 0.258. The second kappa shape index (κ2) is 11.8. The molecule has 4 nitrogen and oxygen atoms in total. The van der Waals surface area contributed by atoms with E-state index < -0.39 is 12.3 Å². The monoisotopic (exact) mass is 504 g/mol. The second-order valence-corrected chi connectivity index (χ2v) is 10.8. The fourth-order valence-electron chi connectivity index (χ4n) is 5.24. The molecule has 2 aromatic heterocycles. The molecule has 0 amide bonds. The lowest BCUT2D eigenvalue weighted by Gasteiger charge is -2.42. The van der Waals surface area contributed by atoms with Gasteiger partial charge >= 0.3 is 0 Å². The molecule has 0 saturated carbocycles. The fraction of sp³-hybridized carbons (Fsp3) is 0.519. The van der Waals surface area contributed by atoms with Crippen molar-refractivity contribution in [3.8, 4) is 5.75 Å². The molecule has 34 heavy (non-hydrogen) atoms. The lowest BCUT2D eigenvalue weighted by molar-refractivity contribution is -0.0173. The van der Waals surface area contributed by atoms with Crippen molar-refractivity contribution in [2.75, 3.05) is 20.2 Å². The number of ether oxygens (including phenoxy) is 1. The van der Waals surface area contributed by atoms with Crippen LogP contribution in [0.2, 0.25) is 5.02 Å². The molecular formula is C27H34ClFN2O2S. The van der Waals surface area contributed by atoms with Gasteiger partial charge in [0, 0.05) is 22.0 Å². The van der Waals surface area contributed by atoms with Crippen molar-refractivity contribution in [3.63, 3.8) is 0 Å². The van der Waals surface area contributed by atoms with Gasteiger partial charge in [-0.1, -0.05) is 24.1 Å². The van der Waals surface area contributed by atoms with Crippen LogP contribution in [0.5, 0.6) is 5.75 Å². The number of aliphatic hydroxyl groups excluding tert-OH is 1. The van der Waals surface area contributed by atoms with Crippen LogP contribution < -0.4 is 10.1 Å². The largest absolute Gasteiger partial charge is 0.497 e. The Hall–Kier alpha value is -1.73. The lowest BCUT2D eigenvalue weighted by atomic mass is 9.69. The summed E-state index contributed by atoms with van der Waals surface area (Å²) in [6, 6.07) is 9.70. The number of halogens is 2. The van der Waals surface area contributed by atoms with Crippen molar-refractivity contribution in [1.82, 2.24) is 10.3 Å². The van der Waals surface area contributed by atoms with E-state index in [1.165, 1.54) is 11.1 Å². The van der Waals surface area contributed by atoms with Crippen molar-refractivity contribution in [2.24, 2.45) is 5.41 Å². The summed E-state index contributed by atoms with van der Waals surface area (Å²) in [7, 11) is 1.59. The molecule has 7 heteroatoms. The maximum absolute atomic E-state index is 15.8. The van der Waals surface area contributed by atoms with Gasteiger partial charge in [-0.25, -0.2) is 4.39 Å². The summed E-state index contributed by atoms with van der Waals surface area (Å²) in [6.45, 7) is 1.72. The number of unbranched alkanes of at least 4 members (excludes halogenated alkanes) is 1. The molecule has 1 fully saturated rings. The maximum atomic E-state index is 15.8. The first-order valence-corrected chi connectivity index (χ1v) is 13.5. The molecule has 1 saturated heterocycles. The molecule has 0 bridgehead atoms. The number of thiophene rings is 1. The Labute approximate surface area is 210 Å². The zero-order valence-corrected chi connectivity index (χ0v) is 21.3. The summed E-state index contributed by atoms with van der Waals surface area (Å²) < 4.78 is 21.1. The van der Waals surface area contributed by atoms with E-state index in [9.17, 15) is 5.11 Å². The van der Waals surface area contributed by atoms with E-state index >= 15 is 4.39 Å². The summed E-state index contributed by atoms with van der Waals surface area (Å²) in [5.41, 5.74) is 0.913. The molecule has 3 heterocycles. The first-order valence-electron chi connectivity index (χ1n) is 12.2. The number of piperidine rings is 1. The molecule has 4 rings (SSSR count). The van der Waals surface area contributed by atoms with Gasteiger partial charge in [0.2, 0.25) is 0 Å². The number of aliphatic hydroxyl groups is 1. The van der Waals surface area contributed by atoms with Gasteiger partial charge in [-0.15, -0.1) is 11.3 Å². The van der Waals surface area contributed by atoms with Crippen molar-refractivity contribution in [3.05, 3.63) is 57.4 Å². The number of pyridine rings is 1. The number of methoxy groups -OCH3 is 1. The van der Waals surface area contributed by atoms with Crippen LogP contribution in [0.4, 0.5) is 4.39 Å². The molecule has 1 aromatic carbocycles. The molecule has 0 radical (unpaired) electrons. The predicted octanol–water partition coefficient (Wildman–Crippen LogP) is 6.89. The SMILES string of the molecule is COc1ccc2ncc(Cl)c([C@H](F)CCC3([C@@H](O)CCCCc4cccs4)CCNCC3)c2c1. The van der Waals surface area contributed by atoms with E-state index in [4.69, 9.17) is 16.3 Å². The molecule has 0 unspecified atom stereocenters. The van der Waals surface area contributed by atoms with Crippen LogP contribution in [-0.4, -0.2) is 36.4 Å². The van der Waals surface area contributed by atoms with E-state index in [1.807, 2.05) is 12.1 Å². The predicted molar refractivity (Wildman–Crippen MR) is 139 cm³/mol. The Balaban J connectivity index is 1.44. The van der Waals surface area contributed by atoms with E-state index in [2.05, 4.69) is 27.8 Å². The maximum Gasteiger partial charge on any atom is 0.127 e. The summed E-state index contributed by atoms with van der Waals surface area (Å²) in [6.07, 6.45) is 6.43. The topological polar surface area (TPSA) is 54.4 Å². The van der Waals surface area contributed by atoms with Crippen molar-refractivity contribution < 1.29 is 14.2 Å². The highest BCUT2D eigenvalue weighted by Gasteiger charge is 2.39. The number of benzene rings is 1. The summed E-state index contributed by atoms with van der Waals surface area (Å²) in [4.78, 5) is 5.74. The standard InChI is InChI=1S/C27H34ClFN2O2S/c1-33-19-8-9-24-21(17-19)26(22(28)18-31-24)23(29)10-11-27(12-14-30-15-13-27)25(32)7-3-2-5-20-6-4-16-34-20/h4,6,8-9,16-18,23,25,30,32H,2-3,5,7,10-15H2,1H3/t23-,25+/m1/s1. The van der Waals surface area contributed by atoms with Gasteiger partial charge in [0.05, 0.1) is 23.8 Å². The van der Waals surface area contributed by atoms with Gasteiger partial charge in [0.25, 0.3) is 0 Å². The number of alkyl halides is 1. The molecule has 2 atom stereocenters. The van der Waals surface area contributed by atoms with E-state index in [-0.39, 0.29) is 5.41 Å². The average molecular weight is 505 g/mol. The summed E-state index contributed by atoms with van der Waals surface area (Å²) in [5.74, 6) is 0.651. The highest BCUT2D eigenvalue weighted by molar-refractivity contribution is 7.09. The molecule has 3 aromatic rings. The zero-order chi connectivity index (χ0) is 24.0. The third kappa shape index (κ3) is 5.91. The third-order valence-corrected chi connectivity index (χ3v) is 8.55. The number of hydrogen-bond donors (Lipinski definition) is 2. The van der Waals surface area contributed by atoms with Gasteiger partial charge < -0.3 is 15.2 Å². The van der Waals surface area contributed by atoms with Crippen LogP contribution in [-0.2, 0) is 6.42 Å². The molecule has 0 aliphatic carbocycles. The van der Waals surface area contributed by atoms with Gasteiger partial charge in [-0.3, -0.25) is 4.98 Å². The van der Waals surface area contributed by atoms with Crippen LogP contribution >= 0.6 is 22.9 Å². The van der Waals surface area contributed by atoms with Crippen LogP contribution in [0, 0.1) is 5.41 Å². The Morgan fingerprint density at radius 3 is 2.79 bits per heavy atom. The smallest absolute Gasteiger partial charge is 0.127 e. The van der Waals surface area contributed by atoms with E-state index in [0.717, 1.165) is 51.6 Å². The van der Waals surface area contributed by atoms with Crippen molar-refractivity contribution in [2.45, 2.75) is 63.6 Å². The quantitative estimate of drug-likeness (QED) is 0.279. The van der Waals surface area contributed by atoms with Crippen molar-refractivity contribution in [1.29, 1.82) is 0 Å². The van der Waals surface area contributed by atoms with Crippen LogP contribution in [0.15, 0.2) is 41.9 Å². The number of aryl methyl sites for hydroxylation is 1. The van der Waals surface area contributed by atoms with Gasteiger partial charge in [0.15, 0.2) is 0 Å². The van der Waals surface area contributed by atoms with Crippen molar-refractivity contribution >= 4 is 33.8 Å². The van der Waals surface area contributed by atoms with Gasteiger partial charge in [-0.2, -0.15) is 0 Å². The second-order valence-electron chi connectivity index (χ2n) is 9.36. The fourth-order valence-corrected chi connectivity index (χ4v) is 6.26. The average Bonchev–Trinajstić information content (AvgIpc) is 3.39. The minimum Gasteiger partial charge on any atom is -0.497 e. The number of fused-ring (bicyclic) bond motifs is 1. The molecule has 2 N–H and O–H groups in total. The number of aromatic nitrogens is 1. The Morgan fingerprint density at radius 2 is 2.06 bits per heavy atom. The normalized spacial score (nSPS) is 17.5. The molecule has 184 valence electrons. The molecule has 1 aliphatic heterocycles. The van der Waals surface area contributed by atoms with Crippen LogP contribution in [0.3, 0.4) is 0 Å². The van der Waals surface area contributed by atoms with Gasteiger partial charge in [-0.05, 0) is 93.1 Å². The first-order chi connectivity index (χ1) is 16.5. The number of rotatable bonds is 11. The highest BCUT2D eigenvalue weighted by atomic mass is 35.5. The first kappa shape index (κ1) is 25.4. The summed E-state index contributed by atoms with van der Waals surface area (Å²) in [5, 5.41) is 17.8. The van der Waals surface area contributed by atoms with Crippen LogP contribution in [0.25, 0.3) is 10.9 Å². The molecular weight excluding hydrogens is 471 g/mol. The van der Waals surface area contributed by atoms with Crippen LogP contribution in [0.1, 0.15) is 61.6 Å². The number of nitrogens with zero attached hydrogens (tertiary/aromatic N) is 1.